The molecule has 0 atom stereocenters. The number of benzene rings is 3. The van der Waals surface area contributed by atoms with Gasteiger partial charge < -0.3 is 33.2 Å². The smallest absolute Gasteiger partial charge is 0.333 e. The quantitative estimate of drug-likeness (QED) is 0.0222. The van der Waals surface area contributed by atoms with E-state index in [9.17, 15) is 28.8 Å². The molecule has 0 aliphatic heterocycles. The summed E-state index contributed by atoms with van der Waals surface area (Å²) in [6.07, 6.45) is 11.9. The Balaban J connectivity index is 1.52. The number of rotatable bonds is 28. The molecule has 13 nitrogen and oxygen atoms in total. The number of carbonyl (C=O) groups excluding carboxylic acids is 6. The first-order valence-corrected chi connectivity index (χ1v) is 23.7. The zero-order chi connectivity index (χ0) is 49.5. The first-order chi connectivity index (χ1) is 32.6. The summed E-state index contributed by atoms with van der Waals surface area (Å²) in [5.41, 5.74) is 5.40. The van der Waals surface area contributed by atoms with Crippen molar-refractivity contribution in [2.45, 2.75) is 117 Å². The third-order valence-corrected chi connectivity index (χ3v) is 12.2. The van der Waals surface area contributed by atoms with E-state index in [0.29, 0.717) is 24.5 Å². The average Bonchev–Trinajstić information content (AvgIpc) is 3.34. The van der Waals surface area contributed by atoms with Crippen LogP contribution < -0.4 is 4.74 Å². The normalized spacial score (nSPS) is 14.5. The first-order valence-electron chi connectivity index (χ1n) is 23.7. The van der Waals surface area contributed by atoms with Gasteiger partial charge in [-0.3, -0.25) is 19.2 Å². The lowest BCUT2D eigenvalue weighted by Crippen LogP contribution is -2.44. The predicted molar refractivity (Wildman–Crippen MR) is 258 cm³/mol. The molecule has 3 aromatic rings. The fraction of sp³-hybridized carbons (Fsp3) is 0.491. The number of esters is 6. The summed E-state index contributed by atoms with van der Waals surface area (Å²) in [6.45, 7) is 10.7. The Hall–Kier alpha value is -6.24. The molecule has 1 aliphatic carbocycles. The van der Waals surface area contributed by atoms with Gasteiger partial charge in [0.25, 0.3) is 0 Å². The van der Waals surface area contributed by atoms with Crippen LogP contribution in [0.4, 0.5) is 0 Å². The Morgan fingerprint density at radius 1 is 0.588 bits per heavy atom. The number of unbranched alkanes of at least 4 members (excludes halogenated alkanes) is 2. The van der Waals surface area contributed by atoms with Crippen LogP contribution in [0.15, 0.2) is 91.0 Å². The van der Waals surface area contributed by atoms with Crippen LogP contribution in [0.5, 0.6) is 5.75 Å². The minimum absolute atomic E-state index is 0.0774. The molecule has 0 aromatic heterocycles. The van der Waals surface area contributed by atoms with Gasteiger partial charge in [0.2, 0.25) is 0 Å². The van der Waals surface area contributed by atoms with E-state index < -0.39 is 73.9 Å². The van der Waals surface area contributed by atoms with Gasteiger partial charge in [-0.1, -0.05) is 100 Å². The van der Waals surface area contributed by atoms with Crippen LogP contribution in [0.3, 0.4) is 0 Å². The Kier molecular flexibility index (Phi) is 22.5. The van der Waals surface area contributed by atoms with Crippen molar-refractivity contribution in [2.75, 3.05) is 47.3 Å². The van der Waals surface area contributed by atoms with Gasteiger partial charge in [-0.25, -0.2) is 9.59 Å². The molecule has 0 bridgehead atoms. The Morgan fingerprint density at radius 2 is 1.12 bits per heavy atom. The molecule has 68 heavy (non-hydrogen) atoms. The van der Waals surface area contributed by atoms with Crippen molar-refractivity contribution in [1.82, 2.24) is 0 Å². The highest BCUT2D eigenvalue weighted by Crippen LogP contribution is 2.38. The lowest BCUT2D eigenvalue weighted by molar-refractivity contribution is -0.165. The van der Waals surface area contributed by atoms with Gasteiger partial charge in [0, 0.05) is 11.1 Å². The zero-order valence-corrected chi connectivity index (χ0v) is 40.7. The van der Waals surface area contributed by atoms with E-state index in [4.69, 9.17) is 23.7 Å². The summed E-state index contributed by atoms with van der Waals surface area (Å²) in [4.78, 5) is 73.9. The summed E-state index contributed by atoms with van der Waals surface area (Å²) in [5, 5.41) is 0. The molecular formula is C55H70O13. The third-order valence-electron chi connectivity index (χ3n) is 12.2. The molecule has 0 amide bonds. The van der Waals surface area contributed by atoms with Crippen LogP contribution in [0, 0.1) is 11.3 Å². The molecule has 0 radical (unpaired) electrons. The van der Waals surface area contributed by atoms with Gasteiger partial charge in [0.1, 0.15) is 50.4 Å². The predicted octanol–water partition coefficient (Wildman–Crippen LogP) is 9.74. The molecule has 4 rings (SSSR count). The van der Waals surface area contributed by atoms with E-state index in [1.807, 2.05) is 12.1 Å². The number of ether oxygens (including phenoxy) is 7. The second kappa shape index (κ2) is 28.2. The Morgan fingerprint density at radius 3 is 1.66 bits per heavy atom. The lowest BCUT2D eigenvalue weighted by atomic mass is 9.77. The monoisotopic (exact) mass is 938 g/mol. The van der Waals surface area contributed by atoms with Crippen LogP contribution in [-0.2, 0) is 76.5 Å². The van der Waals surface area contributed by atoms with Gasteiger partial charge in [-0.05, 0) is 123 Å². The van der Waals surface area contributed by atoms with E-state index >= 15 is 0 Å². The molecule has 0 spiro atoms. The van der Waals surface area contributed by atoms with Gasteiger partial charge in [0.05, 0.1) is 20.8 Å². The summed E-state index contributed by atoms with van der Waals surface area (Å²) in [6, 6.07) is 23.3. The summed E-state index contributed by atoms with van der Waals surface area (Å²) in [5.74, 6) is -2.91. The van der Waals surface area contributed by atoms with Crippen molar-refractivity contribution in [3.8, 4) is 16.9 Å². The molecule has 1 saturated carbocycles. The maximum Gasteiger partial charge on any atom is 0.333 e. The van der Waals surface area contributed by atoms with Gasteiger partial charge in [-0.2, -0.15) is 0 Å². The lowest BCUT2D eigenvalue weighted by Gasteiger charge is -2.32. The first kappa shape index (κ1) is 54.4. The van der Waals surface area contributed by atoms with Crippen LogP contribution in [-0.4, -0.2) is 83.1 Å². The van der Waals surface area contributed by atoms with E-state index in [2.05, 4.69) is 78.1 Å². The molecule has 1 aliphatic rings. The summed E-state index contributed by atoms with van der Waals surface area (Å²) < 4.78 is 37.4. The largest absolute Gasteiger partial charge is 0.492 e. The van der Waals surface area contributed by atoms with Crippen molar-refractivity contribution in [1.29, 1.82) is 0 Å². The zero-order valence-electron chi connectivity index (χ0n) is 40.7. The van der Waals surface area contributed by atoms with Crippen molar-refractivity contribution in [3.63, 3.8) is 0 Å². The molecule has 368 valence electrons. The summed E-state index contributed by atoms with van der Waals surface area (Å²) >= 11 is 0. The fourth-order valence-electron chi connectivity index (χ4n) is 7.99. The number of hydrogen-bond acceptors (Lipinski definition) is 13. The Bertz CT molecular complexity index is 2130. The second-order valence-corrected chi connectivity index (χ2v) is 18.0. The summed E-state index contributed by atoms with van der Waals surface area (Å²) in [7, 11) is 2.24. The van der Waals surface area contributed by atoms with Crippen LogP contribution in [0.25, 0.3) is 11.1 Å². The SMILES string of the molecule is C=C(C)C(=O)OCCCc1cc(-c2ccc(CCc3ccc(C4CCC(CCCCC)CC4)cc3)cc2)ccc1OCC(COC(=O)CC(=O)OC)(COC(=O)CC(=O)OC)COC(=O)C(=C)C. The van der Waals surface area contributed by atoms with Crippen molar-refractivity contribution in [3.05, 3.63) is 113 Å². The van der Waals surface area contributed by atoms with E-state index in [1.165, 1.54) is 75.0 Å². The number of methoxy groups -OCH3 is 2. The highest BCUT2D eigenvalue weighted by atomic mass is 16.6. The molecule has 0 heterocycles. The minimum Gasteiger partial charge on any atom is -0.492 e. The third kappa shape index (κ3) is 18.4. The van der Waals surface area contributed by atoms with Crippen molar-refractivity contribution in [2.24, 2.45) is 11.3 Å². The maximum absolute atomic E-state index is 12.7. The Labute approximate surface area is 401 Å². The topological polar surface area (TPSA) is 167 Å². The van der Waals surface area contributed by atoms with Crippen LogP contribution in [0.1, 0.15) is 120 Å². The maximum atomic E-state index is 12.7. The standard InChI is InChI=1S/C55H70O13/c1-8-9-10-12-40-16-22-43(23-17-40)44-24-18-41(19-25-44)14-15-42-20-26-45(27-21-42)46-28-29-48(47(31-46)13-11-30-64-53(60)38(2)3)65-34-55(37-68-54(61)39(4)5,35-66-51(58)32-49(56)62-6)36-67-52(59)33-50(57)63-7/h18-21,24-29,31,40,43H,2,4,8-17,22-23,30,32-37H2,1,3,5-7H3. The van der Waals surface area contributed by atoms with Gasteiger partial charge in [-0.15, -0.1) is 0 Å². The highest BCUT2D eigenvalue weighted by molar-refractivity contribution is 5.91. The average molecular weight is 939 g/mol. The van der Waals surface area contributed by atoms with E-state index in [1.54, 1.807) is 13.0 Å². The molecule has 0 unspecified atom stereocenters. The number of hydrogen-bond donors (Lipinski definition) is 0. The van der Waals surface area contributed by atoms with Crippen LogP contribution in [0.2, 0.25) is 0 Å². The molecule has 0 N–H and O–H groups in total. The van der Waals surface area contributed by atoms with E-state index in [0.717, 1.165) is 49.7 Å². The molecule has 0 saturated heterocycles. The van der Waals surface area contributed by atoms with Gasteiger partial charge >= 0.3 is 35.8 Å². The van der Waals surface area contributed by atoms with Crippen molar-refractivity contribution < 1.29 is 61.9 Å². The highest BCUT2D eigenvalue weighted by Gasteiger charge is 2.38. The van der Waals surface area contributed by atoms with Crippen LogP contribution >= 0.6 is 0 Å². The number of aryl methyl sites for hydroxylation is 3. The van der Waals surface area contributed by atoms with Crippen molar-refractivity contribution >= 4 is 35.8 Å². The molecular weight excluding hydrogens is 869 g/mol. The number of carbonyl (C=O) groups is 6. The fourth-order valence-corrected chi connectivity index (χ4v) is 7.99. The second-order valence-electron chi connectivity index (χ2n) is 18.0. The minimum atomic E-state index is -1.56. The van der Waals surface area contributed by atoms with E-state index in [-0.39, 0.29) is 24.4 Å². The molecule has 13 heteroatoms. The van der Waals surface area contributed by atoms with Gasteiger partial charge in [0.15, 0.2) is 0 Å². The molecule has 3 aromatic carbocycles. The molecule has 1 fully saturated rings.